The van der Waals surface area contributed by atoms with Crippen LogP contribution in [0.5, 0.6) is 0 Å². The molecular formula is C12H18Cl2N4. The summed E-state index contributed by atoms with van der Waals surface area (Å²) in [6, 6.07) is 0.520. The van der Waals surface area contributed by atoms with Crippen LogP contribution in [0.3, 0.4) is 0 Å². The Bertz CT molecular complexity index is 419. The maximum atomic E-state index is 5.97. The number of rotatable bonds is 2. The van der Waals surface area contributed by atoms with Crippen LogP contribution in [-0.4, -0.2) is 29.1 Å². The van der Waals surface area contributed by atoms with Crippen molar-refractivity contribution in [2.24, 2.45) is 0 Å². The number of aromatic nitrogens is 2. The molecule has 3 rings (SSSR count). The average Bonchev–Trinajstić information content (AvgIpc) is 2.78. The molecule has 1 fully saturated rings. The van der Waals surface area contributed by atoms with E-state index in [1.54, 1.807) is 0 Å². The number of aryl methyl sites for hydroxylation is 1. The molecule has 0 aromatic carbocycles. The van der Waals surface area contributed by atoms with Crippen LogP contribution in [0.2, 0.25) is 5.28 Å². The summed E-state index contributed by atoms with van der Waals surface area (Å²) in [4.78, 5) is 8.67. The molecule has 6 heteroatoms. The molecule has 0 radical (unpaired) electrons. The van der Waals surface area contributed by atoms with Gasteiger partial charge in [0.1, 0.15) is 5.82 Å². The Hall–Kier alpha value is -0.580. The van der Waals surface area contributed by atoms with E-state index in [9.17, 15) is 0 Å². The van der Waals surface area contributed by atoms with E-state index in [0.717, 1.165) is 50.3 Å². The zero-order valence-corrected chi connectivity index (χ0v) is 11.8. The molecule has 1 saturated heterocycles. The molecule has 0 amide bonds. The molecule has 4 nitrogen and oxygen atoms in total. The van der Waals surface area contributed by atoms with E-state index < -0.39 is 0 Å². The van der Waals surface area contributed by atoms with Crippen LogP contribution in [0.4, 0.5) is 5.82 Å². The van der Waals surface area contributed by atoms with Crippen molar-refractivity contribution in [2.75, 3.05) is 18.4 Å². The first-order chi connectivity index (χ1) is 8.33. The lowest BCUT2D eigenvalue weighted by Gasteiger charge is -2.25. The quantitative estimate of drug-likeness (QED) is 0.820. The number of nitrogens with one attached hydrogen (secondary N) is 2. The standard InChI is InChI=1S/C12H17ClN4.ClH/c13-12-16-10-3-1-2-9(10)11(17-12)15-8-4-6-14-7-5-8;/h8,14H,1-7H2,(H,15,16,17);1H. The first-order valence-corrected chi connectivity index (χ1v) is 6.73. The van der Waals surface area contributed by atoms with Gasteiger partial charge in [0.25, 0.3) is 0 Å². The first kappa shape index (κ1) is 13.8. The van der Waals surface area contributed by atoms with Gasteiger partial charge in [0.05, 0.1) is 5.69 Å². The maximum absolute atomic E-state index is 5.97. The molecule has 18 heavy (non-hydrogen) atoms. The van der Waals surface area contributed by atoms with E-state index in [4.69, 9.17) is 11.6 Å². The molecule has 1 aliphatic carbocycles. The smallest absolute Gasteiger partial charge is 0.224 e. The number of nitrogens with zero attached hydrogens (tertiary/aromatic N) is 2. The van der Waals surface area contributed by atoms with Gasteiger partial charge < -0.3 is 10.6 Å². The Morgan fingerprint density at radius 3 is 2.72 bits per heavy atom. The van der Waals surface area contributed by atoms with E-state index in [-0.39, 0.29) is 12.4 Å². The van der Waals surface area contributed by atoms with Gasteiger partial charge in [-0.1, -0.05) is 0 Å². The van der Waals surface area contributed by atoms with E-state index >= 15 is 0 Å². The van der Waals surface area contributed by atoms with Crippen LogP contribution >= 0.6 is 24.0 Å². The molecule has 100 valence electrons. The molecular weight excluding hydrogens is 271 g/mol. The van der Waals surface area contributed by atoms with Crippen LogP contribution in [0.1, 0.15) is 30.5 Å². The fraction of sp³-hybridized carbons (Fsp3) is 0.667. The Labute approximate surface area is 118 Å². The summed E-state index contributed by atoms with van der Waals surface area (Å²) in [5, 5.41) is 7.29. The van der Waals surface area contributed by atoms with Crippen molar-refractivity contribution in [1.29, 1.82) is 0 Å². The molecule has 0 atom stereocenters. The predicted molar refractivity (Wildman–Crippen MR) is 75.8 cm³/mol. The zero-order chi connectivity index (χ0) is 11.7. The van der Waals surface area contributed by atoms with Crippen LogP contribution in [-0.2, 0) is 12.8 Å². The average molecular weight is 289 g/mol. The van der Waals surface area contributed by atoms with Crippen LogP contribution < -0.4 is 10.6 Å². The highest BCUT2D eigenvalue weighted by molar-refractivity contribution is 6.28. The lowest BCUT2D eigenvalue weighted by molar-refractivity contribution is 0.478. The fourth-order valence-electron chi connectivity index (χ4n) is 2.68. The molecule has 1 aromatic heterocycles. The van der Waals surface area contributed by atoms with Gasteiger partial charge in [-0.15, -0.1) is 12.4 Å². The molecule has 2 N–H and O–H groups in total. The van der Waals surface area contributed by atoms with Gasteiger partial charge in [-0.2, -0.15) is 0 Å². The third kappa shape index (κ3) is 2.87. The highest BCUT2D eigenvalue weighted by Gasteiger charge is 2.21. The van der Waals surface area contributed by atoms with Gasteiger partial charge in [-0.05, 0) is 56.8 Å². The van der Waals surface area contributed by atoms with Gasteiger partial charge in [-0.3, -0.25) is 0 Å². The second-order valence-corrected chi connectivity index (χ2v) is 5.13. The summed E-state index contributed by atoms with van der Waals surface area (Å²) in [6.07, 6.45) is 5.59. The maximum Gasteiger partial charge on any atom is 0.224 e. The van der Waals surface area contributed by atoms with Gasteiger partial charge >= 0.3 is 0 Å². The molecule has 0 spiro atoms. The number of halogens is 2. The Kier molecular flexibility index (Phi) is 4.65. The summed E-state index contributed by atoms with van der Waals surface area (Å²) in [5.74, 6) is 0.976. The summed E-state index contributed by atoms with van der Waals surface area (Å²) < 4.78 is 0. The number of anilines is 1. The molecule has 1 aliphatic heterocycles. The van der Waals surface area contributed by atoms with Crippen molar-refractivity contribution in [2.45, 2.75) is 38.1 Å². The van der Waals surface area contributed by atoms with Crippen molar-refractivity contribution in [3.63, 3.8) is 0 Å². The predicted octanol–water partition coefficient (Wildman–Crippen LogP) is 2.20. The number of hydrogen-bond acceptors (Lipinski definition) is 4. The minimum absolute atomic E-state index is 0. The second kappa shape index (κ2) is 6.04. The van der Waals surface area contributed by atoms with Gasteiger partial charge in [0.2, 0.25) is 5.28 Å². The highest BCUT2D eigenvalue weighted by atomic mass is 35.5. The minimum Gasteiger partial charge on any atom is -0.367 e. The SMILES string of the molecule is Cl.Clc1nc2c(c(NC3CCNCC3)n1)CCC2. The molecule has 0 saturated carbocycles. The Morgan fingerprint density at radius 1 is 1.17 bits per heavy atom. The molecule has 1 aromatic rings. The summed E-state index contributed by atoms with van der Waals surface area (Å²) in [7, 11) is 0. The summed E-state index contributed by atoms with van der Waals surface area (Å²) >= 11 is 5.97. The van der Waals surface area contributed by atoms with Crippen LogP contribution in [0.15, 0.2) is 0 Å². The molecule has 0 unspecified atom stereocenters. The van der Waals surface area contributed by atoms with Crippen molar-refractivity contribution < 1.29 is 0 Å². The Balaban J connectivity index is 0.00000120. The van der Waals surface area contributed by atoms with E-state index in [1.807, 2.05) is 0 Å². The third-order valence-electron chi connectivity index (χ3n) is 3.59. The second-order valence-electron chi connectivity index (χ2n) is 4.79. The lowest BCUT2D eigenvalue weighted by Crippen LogP contribution is -2.35. The zero-order valence-electron chi connectivity index (χ0n) is 10.2. The molecule has 2 aliphatic rings. The fourth-order valence-corrected chi connectivity index (χ4v) is 2.87. The molecule has 0 bridgehead atoms. The topological polar surface area (TPSA) is 49.8 Å². The van der Waals surface area contributed by atoms with Gasteiger partial charge in [0.15, 0.2) is 0 Å². The van der Waals surface area contributed by atoms with E-state index in [2.05, 4.69) is 20.6 Å². The molecule has 2 heterocycles. The van der Waals surface area contributed by atoms with E-state index in [1.165, 1.54) is 12.0 Å². The monoisotopic (exact) mass is 288 g/mol. The van der Waals surface area contributed by atoms with Crippen LogP contribution in [0.25, 0.3) is 0 Å². The van der Waals surface area contributed by atoms with Crippen molar-refractivity contribution in [3.05, 3.63) is 16.5 Å². The Morgan fingerprint density at radius 2 is 1.94 bits per heavy atom. The highest BCUT2D eigenvalue weighted by Crippen LogP contribution is 2.28. The van der Waals surface area contributed by atoms with Crippen LogP contribution in [0, 0.1) is 0 Å². The van der Waals surface area contributed by atoms with Gasteiger partial charge in [-0.25, -0.2) is 9.97 Å². The minimum atomic E-state index is 0. The number of piperidine rings is 1. The summed E-state index contributed by atoms with van der Waals surface area (Å²) in [6.45, 7) is 2.16. The van der Waals surface area contributed by atoms with Crippen molar-refractivity contribution >= 4 is 29.8 Å². The normalized spacial score (nSPS) is 19.2. The third-order valence-corrected chi connectivity index (χ3v) is 3.75. The lowest BCUT2D eigenvalue weighted by atomic mass is 10.1. The largest absolute Gasteiger partial charge is 0.367 e. The first-order valence-electron chi connectivity index (χ1n) is 6.35. The van der Waals surface area contributed by atoms with Gasteiger partial charge in [0, 0.05) is 11.6 Å². The van der Waals surface area contributed by atoms with Crippen molar-refractivity contribution in [3.8, 4) is 0 Å². The van der Waals surface area contributed by atoms with E-state index in [0.29, 0.717) is 11.3 Å². The number of fused-ring (bicyclic) bond motifs is 1. The summed E-state index contributed by atoms with van der Waals surface area (Å²) in [5.41, 5.74) is 2.43. The number of hydrogen-bond donors (Lipinski definition) is 2. The van der Waals surface area contributed by atoms with Crippen molar-refractivity contribution in [1.82, 2.24) is 15.3 Å².